The average Bonchev–Trinajstić information content (AvgIpc) is 3.13. The van der Waals surface area contributed by atoms with Gasteiger partial charge in [-0.25, -0.2) is 5.01 Å². The van der Waals surface area contributed by atoms with Gasteiger partial charge in [-0.05, 0) is 48.7 Å². The first-order valence-corrected chi connectivity index (χ1v) is 10.2. The summed E-state index contributed by atoms with van der Waals surface area (Å²) in [4.78, 5) is 2.48. The average molecular weight is 392 g/mol. The summed E-state index contributed by atoms with van der Waals surface area (Å²) >= 11 is 0. The molecule has 0 spiro atoms. The molecule has 1 saturated heterocycles. The Hall–Kier alpha value is -2.92. The standard InChI is InChI=1S/C24H29N3O2/c1-26-18-22-23(25-26)13-14-27(17-19-8-6-11-21(16-19)28-2)24(22)12-7-15-29-20-9-4-3-5-10-20/h3-6,8-11,13,16,25H,7,12,14-15,17-18H2,1-2H3. The molecule has 0 bridgehead atoms. The van der Waals surface area contributed by atoms with Crippen molar-refractivity contribution in [3.8, 4) is 11.5 Å². The highest BCUT2D eigenvalue weighted by Crippen LogP contribution is 2.31. The molecule has 29 heavy (non-hydrogen) atoms. The van der Waals surface area contributed by atoms with Crippen molar-refractivity contribution in [1.82, 2.24) is 15.3 Å². The molecule has 1 N–H and O–H groups in total. The van der Waals surface area contributed by atoms with Crippen LogP contribution in [0.4, 0.5) is 0 Å². The lowest BCUT2D eigenvalue weighted by Crippen LogP contribution is -2.29. The fraction of sp³-hybridized carbons (Fsp3) is 0.333. The van der Waals surface area contributed by atoms with E-state index in [0.29, 0.717) is 0 Å². The van der Waals surface area contributed by atoms with Crippen LogP contribution >= 0.6 is 0 Å². The van der Waals surface area contributed by atoms with E-state index in [-0.39, 0.29) is 0 Å². The van der Waals surface area contributed by atoms with Crippen LogP contribution in [0.15, 0.2) is 77.6 Å². The van der Waals surface area contributed by atoms with Crippen LogP contribution in [-0.4, -0.2) is 43.8 Å². The highest BCUT2D eigenvalue weighted by atomic mass is 16.5. The van der Waals surface area contributed by atoms with Crippen molar-refractivity contribution in [3.05, 3.63) is 83.2 Å². The monoisotopic (exact) mass is 391 g/mol. The third kappa shape index (κ3) is 4.74. The smallest absolute Gasteiger partial charge is 0.119 e. The zero-order valence-corrected chi connectivity index (χ0v) is 17.2. The minimum atomic E-state index is 0.718. The van der Waals surface area contributed by atoms with Gasteiger partial charge in [-0.1, -0.05) is 30.3 Å². The number of methoxy groups -OCH3 is 1. The maximum atomic E-state index is 5.92. The van der Waals surface area contributed by atoms with Crippen LogP contribution in [0, 0.1) is 0 Å². The Morgan fingerprint density at radius 2 is 1.86 bits per heavy atom. The molecule has 2 heterocycles. The van der Waals surface area contributed by atoms with Gasteiger partial charge in [0.05, 0.1) is 19.4 Å². The Balaban J connectivity index is 1.45. The number of hydrazine groups is 1. The van der Waals surface area contributed by atoms with Gasteiger partial charge in [0.25, 0.3) is 0 Å². The van der Waals surface area contributed by atoms with Crippen LogP contribution in [0.25, 0.3) is 0 Å². The summed E-state index contributed by atoms with van der Waals surface area (Å²) in [6.07, 6.45) is 4.28. The van der Waals surface area contributed by atoms with Gasteiger partial charge in [0, 0.05) is 38.0 Å². The van der Waals surface area contributed by atoms with Crippen molar-refractivity contribution in [2.24, 2.45) is 0 Å². The molecule has 0 aromatic heterocycles. The van der Waals surface area contributed by atoms with Crippen LogP contribution < -0.4 is 14.9 Å². The maximum absolute atomic E-state index is 5.92. The molecule has 0 amide bonds. The third-order valence-electron chi connectivity index (χ3n) is 5.36. The number of rotatable bonds is 8. The van der Waals surface area contributed by atoms with Gasteiger partial charge in [0.1, 0.15) is 11.5 Å². The van der Waals surface area contributed by atoms with Crippen molar-refractivity contribution in [2.75, 3.05) is 33.9 Å². The number of para-hydroxylation sites is 1. The SMILES string of the molecule is COc1cccc(CN2CC=C3NN(C)CC3=C2CCCOc2ccccc2)c1. The van der Waals surface area contributed by atoms with E-state index >= 15 is 0 Å². The van der Waals surface area contributed by atoms with E-state index in [4.69, 9.17) is 9.47 Å². The number of hydrogen-bond donors (Lipinski definition) is 1. The summed E-state index contributed by atoms with van der Waals surface area (Å²) < 4.78 is 11.3. The van der Waals surface area contributed by atoms with Crippen LogP contribution in [0.2, 0.25) is 0 Å². The largest absolute Gasteiger partial charge is 0.497 e. The van der Waals surface area contributed by atoms with E-state index in [2.05, 4.69) is 46.7 Å². The van der Waals surface area contributed by atoms with Gasteiger partial charge in [-0.15, -0.1) is 0 Å². The molecule has 5 nitrogen and oxygen atoms in total. The molecule has 1 fully saturated rings. The molecule has 5 heteroatoms. The first-order valence-electron chi connectivity index (χ1n) is 10.2. The van der Waals surface area contributed by atoms with Crippen molar-refractivity contribution >= 4 is 0 Å². The van der Waals surface area contributed by atoms with Gasteiger partial charge in [-0.3, -0.25) is 0 Å². The Morgan fingerprint density at radius 1 is 1.03 bits per heavy atom. The van der Waals surface area contributed by atoms with Gasteiger partial charge in [-0.2, -0.15) is 0 Å². The molecule has 2 aromatic rings. The predicted molar refractivity (Wildman–Crippen MR) is 115 cm³/mol. The van der Waals surface area contributed by atoms with E-state index in [9.17, 15) is 0 Å². The van der Waals surface area contributed by atoms with Crippen molar-refractivity contribution in [3.63, 3.8) is 0 Å². The van der Waals surface area contributed by atoms with E-state index in [0.717, 1.165) is 50.6 Å². The van der Waals surface area contributed by atoms with Gasteiger partial charge >= 0.3 is 0 Å². The Labute approximate surface area is 173 Å². The quantitative estimate of drug-likeness (QED) is 0.690. The number of ether oxygens (including phenoxy) is 2. The van der Waals surface area contributed by atoms with E-state index in [1.807, 2.05) is 36.4 Å². The zero-order chi connectivity index (χ0) is 20.1. The topological polar surface area (TPSA) is 37.0 Å². The van der Waals surface area contributed by atoms with Gasteiger partial charge in [0.15, 0.2) is 0 Å². The third-order valence-corrected chi connectivity index (χ3v) is 5.36. The molecule has 0 atom stereocenters. The molecular weight excluding hydrogens is 362 g/mol. The van der Waals surface area contributed by atoms with Crippen molar-refractivity contribution in [2.45, 2.75) is 19.4 Å². The number of hydrogen-bond acceptors (Lipinski definition) is 5. The number of benzene rings is 2. The molecule has 0 unspecified atom stereocenters. The zero-order valence-electron chi connectivity index (χ0n) is 17.2. The van der Waals surface area contributed by atoms with Crippen molar-refractivity contribution < 1.29 is 9.47 Å². The predicted octanol–water partition coefficient (Wildman–Crippen LogP) is 3.96. The Bertz CT molecular complexity index is 892. The Kier molecular flexibility index (Phi) is 6.06. The second-order valence-electron chi connectivity index (χ2n) is 7.51. The second kappa shape index (κ2) is 9.05. The van der Waals surface area contributed by atoms with Crippen LogP contribution in [0.5, 0.6) is 11.5 Å². The van der Waals surface area contributed by atoms with E-state index in [1.165, 1.54) is 22.5 Å². The number of likely N-dealkylation sites (N-methyl/N-ethyl adjacent to an activating group) is 1. The summed E-state index contributed by atoms with van der Waals surface area (Å²) in [6.45, 7) is 3.43. The first kappa shape index (κ1) is 19.4. The molecule has 152 valence electrons. The fourth-order valence-corrected chi connectivity index (χ4v) is 3.96. The lowest BCUT2D eigenvalue weighted by molar-refractivity contribution is 0.292. The normalized spacial score (nSPS) is 16.3. The second-order valence-corrected chi connectivity index (χ2v) is 7.51. The maximum Gasteiger partial charge on any atom is 0.119 e. The molecule has 2 aliphatic rings. The van der Waals surface area contributed by atoms with Gasteiger partial charge in [0.2, 0.25) is 0 Å². The summed E-state index contributed by atoms with van der Waals surface area (Å²) in [6, 6.07) is 18.4. The van der Waals surface area contributed by atoms with E-state index in [1.54, 1.807) is 7.11 Å². The number of fused-ring (bicyclic) bond motifs is 1. The van der Waals surface area contributed by atoms with Crippen molar-refractivity contribution in [1.29, 1.82) is 0 Å². The molecule has 2 aliphatic heterocycles. The summed E-state index contributed by atoms with van der Waals surface area (Å²) in [5.41, 5.74) is 8.80. The van der Waals surface area contributed by atoms with Crippen LogP contribution in [0.3, 0.4) is 0 Å². The molecule has 4 rings (SSSR count). The van der Waals surface area contributed by atoms with E-state index < -0.39 is 0 Å². The molecule has 0 aliphatic carbocycles. The lowest BCUT2D eigenvalue weighted by atomic mass is 10.0. The molecular formula is C24H29N3O2. The van der Waals surface area contributed by atoms with Crippen LogP contribution in [0.1, 0.15) is 18.4 Å². The molecule has 0 radical (unpaired) electrons. The highest BCUT2D eigenvalue weighted by molar-refractivity contribution is 5.41. The minimum absolute atomic E-state index is 0.718. The summed E-state index contributed by atoms with van der Waals surface area (Å²) in [5.74, 6) is 1.84. The Morgan fingerprint density at radius 3 is 2.69 bits per heavy atom. The summed E-state index contributed by atoms with van der Waals surface area (Å²) in [5, 5.41) is 2.15. The van der Waals surface area contributed by atoms with Gasteiger partial charge < -0.3 is 19.8 Å². The van der Waals surface area contributed by atoms with Crippen LogP contribution in [-0.2, 0) is 6.54 Å². The first-order chi connectivity index (χ1) is 14.2. The molecule has 0 saturated carbocycles. The number of allylic oxidation sites excluding steroid dienone is 1. The fourth-order valence-electron chi connectivity index (χ4n) is 3.96. The minimum Gasteiger partial charge on any atom is -0.497 e. The summed E-state index contributed by atoms with van der Waals surface area (Å²) in [7, 11) is 3.81. The number of nitrogens with one attached hydrogen (secondary N) is 1. The highest BCUT2D eigenvalue weighted by Gasteiger charge is 2.27. The lowest BCUT2D eigenvalue weighted by Gasteiger charge is -2.31. The number of nitrogens with zero attached hydrogens (tertiary/aromatic N) is 2. The molecule has 2 aromatic carbocycles.